The molecule has 0 aliphatic rings. The fraction of sp³-hybridized carbons (Fsp3) is 0.179. The molecule has 4 nitrogen and oxygen atoms in total. The van der Waals surface area contributed by atoms with Crippen molar-refractivity contribution >= 4 is 39.7 Å². The molecule has 168 valence electrons. The fourth-order valence-electron chi connectivity index (χ4n) is 3.98. The maximum absolute atomic E-state index is 12.7. The maximum atomic E-state index is 12.7. The van der Waals surface area contributed by atoms with Gasteiger partial charge in [0.2, 0.25) is 5.91 Å². The molecule has 1 aromatic heterocycles. The summed E-state index contributed by atoms with van der Waals surface area (Å²) in [5.74, 6) is 0.403. The first-order valence-electron chi connectivity index (χ1n) is 10.7. The Labute approximate surface area is 198 Å². The third kappa shape index (κ3) is 4.67. The first-order chi connectivity index (χ1) is 15.8. The Bertz CT molecular complexity index is 1400. The molecule has 1 N–H and O–H groups in total. The first kappa shape index (κ1) is 22.7. The Morgan fingerprint density at radius 1 is 1.00 bits per heavy atom. The van der Waals surface area contributed by atoms with E-state index >= 15 is 0 Å². The highest BCUT2D eigenvalue weighted by Gasteiger charge is 2.16. The molecule has 4 rings (SSSR count). The lowest BCUT2D eigenvalue weighted by molar-refractivity contribution is -0.111. The van der Waals surface area contributed by atoms with Crippen LogP contribution in [0.5, 0.6) is 5.75 Å². The molecule has 0 aliphatic heterocycles. The SMILES string of the molecule is COc1cc2occ(-c3ccc(C)cc3C)c2cc1/C(C)=C/C(=O)Nc1ccc(C)c(Cl)c1. The van der Waals surface area contributed by atoms with Gasteiger partial charge in [-0.2, -0.15) is 0 Å². The highest BCUT2D eigenvalue weighted by molar-refractivity contribution is 6.31. The highest BCUT2D eigenvalue weighted by Crippen LogP contribution is 2.38. The molecule has 0 unspecified atom stereocenters. The zero-order chi connectivity index (χ0) is 23.7. The zero-order valence-electron chi connectivity index (χ0n) is 19.4. The van der Waals surface area contributed by atoms with E-state index in [1.54, 1.807) is 25.5 Å². The predicted octanol–water partition coefficient (Wildman–Crippen LogP) is 7.73. The second-order valence-electron chi connectivity index (χ2n) is 8.30. The summed E-state index contributed by atoms with van der Waals surface area (Å²) in [4.78, 5) is 12.7. The van der Waals surface area contributed by atoms with Crippen LogP contribution in [0.4, 0.5) is 5.69 Å². The van der Waals surface area contributed by atoms with Crippen molar-refractivity contribution in [1.82, 2.24) is 0 Å². The Kier molecular flexibility index (Phi) is 6.30. The molecule has 33 heavy (non-hydrogen) atoms. The van der Waals surface area contributed by atoms with Crippen molar-refractivity contribution in [3.8, 4) is 16.9 Å². The Hall–Kier alpha value is -3.50. The monoisotopic (exact) mass is 459 g/mol. The summed E-state index contributed by atoms with van der Waals surface area (Å²) in [7, 11) is 1.61. The number of methoxy groups -OCH3 is 1. The molecule has 1 heterocycles. The Morgan fingerprint density at radius 2 is 1.79 bits per heavy atom. The van der Waals surface area contributed by atoms with Gasteiger partial charge in [-0.25, -0.2) is 0 Å². The number of aryl methyl sites for hydroxylation is 3. The molecule has 4 aromatic rings. The van der Waals surface area contributed by atoms with Crippen molar-refractivity contribution in [3.63, 3.8) is 0 Å². The third-order valence-electron chi connectivity index (χ3n) is 5.78. The number of fused-ring (bicyclic) bond motifs is 1. The summed E-state index contributed by atoms with van der Waals surface area (Å²) >= 11 is 6.18. The average Bonchev–Trinajstić information content (AvgIpc) is 3.18. The summed E-state index contributed by atoms with van der Waals surface area (Å²) in [6, 6.07) is 15.7. The van der Waals surface area contributed by atoms with E-state index in [1.807, 2.05) is 38.1 Å². The summed E-state index contributed by atoms with van der Waals surface area (Å²) in [6.07, 6.45) is 3.34. The normalized spacial score (nSPS) is 11.6. The largest absolute Gasteiger partial charge is 0.496 e. The minimum Gasteiger partial charge on any atom is -0.496 e. The van der Waals surface area contributed by atoms with Gasteiger partial charge in [0.25, 0.3) is 0 Å². The van der Waals surface area contributed by atoms with Crippen LogP contribution in [0.1, 0.15) is 29.2 Å². The van der Waals surface area contributed by atoms with E-state index in [0.29, 0.717) is 16.5 Å². The van der Waals surface area contributed by atoms with Crippen LogP contribution in [-0.4, -0.2) is 13.0 Å². The lowest BCUT2D eigenvalue weighted by Gasteiger charge is -2.11. The zero-order valence-corrected chi connectivity index (χ0v) is 20.1. The second kappa shape index (κ2) is 9.16. The number of carbonyl (C=O) groups is 1. The summed E-state index contributed by atoms with van der Waals surface area (Å²) < 4.78 is 11.5. The number of ether oxygens (including phenoxy) is 1. The molecule has 0 spiro atoms. The van der Waals surface area contributed by atoms with Gasteiger partial charge >= 0.3 is 0 Å². The number of furan rings is 1. The van der Waals surface area contributed by atoms with Crippen LogP contribution < -0.4 is 10.1 Å². The van der Waals surface area contributed by atoms with Gasteiger partial charge in [0.05, 0.1) is 13.4 Å². The second-order valence-corrected chi connectivity index (χ2v) is 8.70. The molecular weight excluding hydrogens is 434 g/mol. The van der Waals surface area contributed by atoms with Gasteiger partial charge in [-0.05, 0) is 68.2 Å². The van der Waals surface area contributed by atoms with Crippen LogP contribution in [0.3, 0.4) is 0 Å². The number of amides is 1. The fourth-order valence-corrected chi connectivity index (χ4v) is 4.16. The molecule has 0 radical (unpaired) electrons. The van der Waals surface area contributed by atoms with E-state index in [4.69, 9.17) is 20.8 Å². The van der Waals surface area contributed by atoms with Crippen molar-refractivity contribution < 1.29 is 13.9 Å². The van der Waals surface area contributed by atoms with Gasteiger partial charge in [-0.1, -0.05) is 41.4 Å². The summed E-state index contributed by atoms with van der Waals surface area (Å²) in [6.45, 7) is 7.99. The molecule has 0 atom stereocenters. The third-order valence-corrected chi connectivity index (χ3v) is 6.19. The molecule has 1 amide bonds. The molecule has 0 saturated heterocycles. The Balaban J connectivity index is 1.72. The number of allylic oxidation sites excluding steroid dienone is 1. The van der Waals surface area contributed by atoms with Gasteiger partial charge in [0.15, 0.2) is 0 Å². The lowest BCUT2D eigenvalue weighted by atomic mass is 9.96. The van der Waals surface area contributed by atoms with Gasteiger partial charge < -0.3 is 14.5 Å². The van der Waals surface area contributed by atoms with Crippen LogP contribution in [0.25, 0.3) is 27.7 Å². The van der Waals surface area contributed by atoms with E-state index in [1.165, 1.54) is 11.1 Å². The van der Waals surface area contributed by atoms with Gasteiger partial charge in [0, 0.05) is 39.4 Å². The quantitative estimate of drug-likeness (QED) is 0.310. The smallest absolute Gasteiger partial charge is 0.248 e. The van der Waals surface area contributed by atoms with Crippen molar-refractivity contribution in [2.24, 2.45) is 0 Å². The standard InChI is InChI=1S/C28H26ClNO3/c1-16-6-9-21(18(3)10-16)24-15-33-27-14-26(32-5)22(13-23(24)27)19(4)11-28(31)30-20-8-7-17(2)25(29)12-20/h6-15H,1-5H3,(H,30,31)/b19-11+. The summed E-state index contributed by atoms with van der Waals surface area (Å²) in [5, 5.41) is 4.45. The molecule has 0 bridgehead atoms. The van der Waals surface area contributed by atoms with Gasteiger partial charge in [-0.15, -0.1) is 0 Å². The predicted molar refractivity (Wildman–Crippen MR) is 136 cm³/mol. The molecule has 0 saturated carbocycles. The minimum atomic E-state index is -0.239. The number of hydrogen-bond donors (Lipinski definition) is 1. The average molecular weight is 460 g/mol. The van der Waals surface area contributed by atoms with E-state index in [-0.39, 0.29) is 5.91 Å². The number of benzene rings is 3. The van der Waals surface area contributed by atoms with E-state index in [2.05, 4.69) is 37.4 Å². The maximum Gasteiger partial charge on any atom is 0.248 e. The number of anilines is 1. The van der Waals surface area contributed by atoms with Crippen LogP contribution in [0.15, 0.2) is 65.3 Å². The van der Waals surface area contributed by atoms with Crippen LogP contribution >= 0.6 is 11.6 Å². The van der Waals surface area contributed by atoms with Crippen molar-refractivity contribution in [2.75, 3.05) is 12.4 Å². The number of carbonyl (C=O) groups excluding carboxylic acids is 1. The van der Waals surface area contributed by atoms with Crippen LogP contribution in [0.2, 0.25) is 5.02 Å². The number of halogens is 1. The number of hydrogen-bond acceptors (Lipinski definition) is 3. The molecular formula is C28H26ClNO3. The molecule has 0 aliphatic carbocycles. The topological polar surface area (TPSA) is 51.5 Å². The highest BCUT2D eigenvalue weighted by atomic mass is 35.5. The van der Waals surface area contributed by atoms with E-state index < -0.39 is 0 Å². The van der Waals surface area contributed by atoms with Gasteiger partial charge in [0.1, 0.15) is 11.3 Å². The van der Waals surface area contributed by atoms with E-state index in [9.17, 15) is 4.79 Å². The minimum absolute atomic E-state index is 0.239. The molecule has 3 aromatic carbocycles. The number of rotatable bonds is 5. The molecule has 0 fully saturated rings. The lowest BCUT2D eigenvalue weighted by Crippen LogP contribution is -2.08. The molecule has 5 heteroatoms. The first-order valence-corrected chi connectivity index (χ1v) is 11.1. The van der Waals surface area contributed by atoms with Crippen molar-refractivity contribution in [2.45, 2.75) is 27.7 Å². The Morgan fingerprint density at radius 3 is 2.48 bits per heavy atom. The van der Waals surface area contributed by atoms with E-state index in [0.717, 1.165) is 38.8 Å². The summed E-state index contributed by atoms with van der Waals surface area (Å²) in [5.41, 5.74) is 8.46. The van der Waals surface area contributed by atoms with Gasteiger partial charge in [-0.3, -0.25) is 4.79 Å². The van der Waals surface area contributed by atoms with Crippen molar-refractivity contribution in [3.05, 3.63) is 88.1 Å². The van der Waals surface area contributed by atoms with Crippen molar-refractivity contribution in [1.29, 1.82) is 0 Å². The number of nitrogens with one attached hydrogen (secondary N) is 1. The van der Waals surface area contributed by atoms with Crippen LogP contribution in [0, 0.1) is 20.8 Å². The van der Waals surface area contributed by atoms with Crippen LogP contribution in [-0.2, 0) is 4.79 Å².